The number of aryl methyl sites for hydroxylation is 1. The third-order valence-corrected chi connectivity index (χ3v) is 2.85. The second-order valence-electron chi connectivity index (χ2n) is 4.47. The van der Waals surface area contributed by atoms with Crippen molar-refractivity contribution in [3.05, 3.63) is 33.8 Å². The maximum Gasteiger partial charge on any atom is 0.0206 e. The van der Waals surface area contributed by atoms with Gasteiger partial charge in [-0.05, 0) is 63.8 Å². The maximum atomic E-state index is 3.52. The molecule has 0 unspecified atom stereocenters. The highest BCUT2D eigenvalue weighted by Crippen LogP contribution is 2.14. The summed E-state index contributed by atoms with van der Waals surface area (Å²) in [5, 5.41) is 3.46. The standard InChI is InChI=1S/C13H21BrN2/c1-11-7-12(9-13(14)8-11)10-15-5-4-6-16(2)3/h7-9,15H,4-6,10H2,1-3H3. The molecule has 90 valence electrons. The lowest BCUT2D eigenvalue weighted by atomic mass is 10.1. The van der Waals surface area contributed by atoms with Gasteiger partial charge in [-0.15, -0.1) is 0 Å². The number of nitrogens with zero attached hydrogens (tertiary/aromatic N) is 1. The van der Waals surface area contributed by atoms with Gasteiger partial charge in [0.1, 0.15) is 0 Å². The minimum atomic E-state index is 0.952. The third-order valence-electron chi connectivity index (χ3n) is 2.39. The van der Waals surface area contributed by atoms with Crippen LogP contribution in [0.2, 0.25) is 0 Å². The highest BCUT2D eigenvalue weighted by Gasteiger charge is 1.96. The molecule has 0 bridgehead atoms. The Labute approximate surface area is 107 Å². The van der Waals surface area contributed by atoms with Crippen molar-refractivity contribution in [2.75, 3.05) is 27.2 Å². The van der Waals surface area contributed by atoms with Crippen LogP contribution in [0, 0.1) is 6.92 Å². The molecular weight excluding hydrogens is 264 g/mol. The molecule has 0 atom stereocenters. The molecule has 1 aromatic rings. The van der Waals surface area contributed by atoms with Crippen molar-refractivity contribution in [1.82, 2.24) is 10.2 Å². The minimum absolute atomic E-state index is 0.952. The zero-order valence-corrected chi connectivity index (χ0v) is 12.0. The molecule has 0 aliphatic rings. The molecule has 1 N–H and O–H groups in total. The summed E-state index contributed by atoms with van der Waals surface area (Å²) in [6.45, 7) is 5.29. The summed E-state index contributed by atoms with van der Waals surface area (Å²) in [4.78, 5) is 2.21. The van der Waals surface area contributed by atoms with E-state index in [1.807, 2.05) is 0 Å². The number of hydrogen-bond donors (Lipinski definition) is 1. The highest BCUT2D eigenvalue weighted by atomic mass is 79.9. The average molecular weight is 285 g/mol. The molecule has 0 spiro atoms. The SMILES string of the molecule is Cc1cc(Br)cc(CNCCCN(C)C)c1. The van der Waals surface area contributed by atoms with Crippen LogP contribution < -0.4 is 5.32 Å². The summed E-state index contributed by atoms with van der Waals surface area (Å²) in [7, 11) is 4.22. The molecule has 0 heterocycles. The number of rotatable bonds is 6. The van der Waals surface area contributed by atoms with Gasteiger partial charge in [-0.2, -0.15) is 0 Å². The maximum absolute atomic E-state index is 3.52. The number of nitrogens with one attached hydrogen (secondary N) is 1. The summed E-state index contributed by atoms with van der Waals surface area (Å²) in [5.41, 5.74) is 2.65. The zero-order chi connectivity index (χ0) is 12.0. The van der Waals surface area contributed by atoms with E-state index in [1.54, 1.807) is 0 Å². The molecule has 0 fully saturated rings. The van der Waals surface area contributed by atoms with Crippen molar-refractivity contribution in [3.8, 4) is 0 Å². The van der Waals surface area contributed by atoms with E-state index in [0.29, 0.717) is 0 Å². The Kier molecular flexibility index (Phi) is 6.03. The quantitative estimate of drug-likeness (QED) is 0.809. The van der Waals surface area contributed by atoms with Gasteiger partial charge in [0.05, 0.1) is 0 Å². The van der Waals surface area contributed by atoms with Crippen molar-refractivity contribution < 1.29 is 0 Å². The fourth-order valence-corrected chi connectivity index (χ4v) is 2.32. The van der Waals surface area contributed by atoms with E-state index in [4.69, 9.17) is 0 Å². The predicted octanol–water partition coefficient (Wildman–Crippen LogP) is 2.80. The van der Waals surface area contributed by atoms with E-state index in [1.165, 1.54) is 17.5 Å². The average Bonchev–Trinajstić information content (AvgIpc) is 2.15. The van der Waals surface area contributed by atoms with Gasteiger partial charge in [-0.3, -0.25) is 0 Å². The normalized spacial score (nSPS) is 11.1. The number of halogens is 1. The molecule has 0 aliphatic carbocycles. The van der Waals surface area contributed by atoms with E-state index in [0.717, 1.165) is 24.1 Å². The molecule has 0 radical (unpaired) electrons. The molecule has 0 aromatic heterocycles. The monoisotopic (exact) mass is 284 g/mol. The lowest BCUT2D eigenvalue weighted by Crippen LogP contribution is -2.21. The lowest BCUT2D eigenvalue weighted by molar-refractivity contribution is 0.394. The van der Waals surface area contributed by atoms with Crippen LogP contribution in [0.1, 0.15) is 17.5 Å². The fourth-order valence-electron chi connectivity index (χ4n) is 1.67. The van der Waals surface area contributed by atoms with Gasteiger partial charge in [0.2, 0.25) is 0 Å². The van der Waals surface area contributed by atoms with E-state index in [2.05, 4.69) is 65.4 Å². The second kappa shape index (κ2) is 7.05. The van der Waals surface area contributed by atoms with E-state index < -0.39 is 0 Å². The van der Waals surface area contributed by atoms with Crippen LogP contribution in [0.4, 0.5) is 0 Å². The van der Waals surface area contributed by atoms with Crippen molar-refractivity contribution in [3.63, 3.8) is 0 Å². The Hall–Kier alpha value is -0.380. The summed E-state index contributed by atoms with van der Waals surface area (Å²) in [6, 6.07) is 6.53. The summed E-state index contributed by atoms with van der Waals surface area (Å²) in [6.07, 6.45) is 1.19. The fraction of sp³-hybridized carbons (Fsp3) is 0.538. The first kappa shape index (κ1) is 13.7. The summed E-state index contributed by atoms with van der Waals surface area (Å²) >= 11 is 3.52. The zero-order valence-electron chi connectivity index (χ0n) is 10.4. The van der Waals surface area contributed by atoms with E-state index in [9.17, 15) is 0 Å². The van der Waals surface area contributed by atoms with Gasteiger partial charge in [0.25, 0.3) is 0 Å². The van der Waals surface area contributed by atoms with Gasteiger partial charge in [0, 0.05) is 11.0 Å². The molecule has 3 heteroatoms. The van der Waals surface area contributed by atoms with Gasteiger partial charge >= 0.3 is 0 Å². The van der Waals surface area contributed by atoms with Gasteiger partial charge in [-0.1, -0.05) is 22.0 Å². The van der Waals surface area contributed by atoms with Crippen LogP contribution in [0.15, 0.2) is 22.7 Å². The van der Waals surface area contributed by atoms with Gasteiger partial charge in [-0.25, -0.2) is 0 Å². The molecule has 0 saturated carbocycles. The Morgan fingerprint density at radius 3 is 2.62 bits per heavy atom. The van der Waals surface area contributed by atoms with Crippen LogP contribution in [0.3, 0.4) is 0 Å². The number of hydrogen-bond acceptors (Lipinski definition) is 2. The third kappa shape index (κ3) is 5.64. The Balaban J connectivity index is 2.26. The lowest BCUT2D eigenvalue weighted by Gasteiger charge is -2.10. The topological polar surface area (TPSA) is 15.3 Å². The molecule has 16 heavy (non-hydrogen) atoms. The van der Waals surface area contributed by atoms with Crippen LogP contribution in [-0.4, -0.2) is 32.1 Å². The molecule has 2 nitrogen and oxygen atoms in total. The molecular formula is C13H21BrN2. The van der Waals surface area contributed by atoms with Crippen LogP contribution in [0.25, 0.3) is 0 Å². The van der Waals surface area contributed by atoms with Crippen molar-refractivity contribution in [2.24, 2.45) is 0 Å². The van der Waals surface area contributed by atoms with Crippen molar-refractivity contribution in [1.29, 1.82) is 0 Å². The predicted molar refractivity (Wildman–Crippen MR) is 73.8 cm³/mol. The molecule has 0 saturated heterocycles. The largest absolute Gasteiger partial charge is 0.313 e. The van der Waals surface area contributed by atoms with Crippen LogP contribution in [-0.2, 0) is 6.54 Å². The first-order valence-corrected chi connectivity index (χ1v) is 6.49. The van der Waals surface area contributed by atoms with Crippen molar-refractivity contribution >= 4 is 15.9 Å². The van der Waals surface area contributed by atoms with Crippen molar-refractivity contribution in [2.45, 2.75) is 19.9 Å². The molecule has 0 aliphatic heterocycles. The molecule has 0 amide bonds. The summed E-state index contributed by atoms with van der Waals surface area (Å²) in [5.74, 6) is 0. The Morgan fingerprint density at radius 1 is 1.25 bits per heavy atom. The van der Waals surface area contributed by atoms with E-state index in [-0.39, 0.29) is 0 Å². The first-order chi connectivity index (χ1) is 7.58. The molecule has 1 aromatic carbocycles. The Morgan fingerprint density at radius 2 is 2.00 bits per heavy atom. The summed E-state index contributed by atoms with van der Waals surface area (Å²) < 4.78 is 1.16. The second-order valence-corrected chi connectivity index (χ2v) is 5.39. The smallest absolute Gasteiger partial charge is 0.0206 e. The number of benzene rings is 1. The molecule has 1 rings (SSSR count). The minimum Gasteiger partial charge on any atom is -0.313 e. The van der Waals surface area contributed by atoms with Crippen LogP contribution in [0.5, 0.6) is 0 Å². The first-order valence-electron chi connectivity index (χ1n) is 5.69. The highest BCUT2D eigenvalue weighted by molar-refractivity contribution is 9.10. The van der Waals surface area contributed by atoms with Crippen LogP contribution >= 0.6 is 15.9 Å². The van der Waals surface area contributed by atoms with E-state index >= 15 is 0 Å². The van der Waals surface area contributed by atoms with Gasteiger partial charge < -0.3 is 10.2 Å². The Bertz CT molecular complexity index is 303. The van der Waals surface area contributed by atoms with Gasteiger partial charge in [0.15, 0.2) is 0 Å².